The van der Waals surface area contributed by atoms with E-state index in [-0.39, 0.29) is 5.97 Å². The molecule has 2 N–H and O–H groups in total. The zero-order valence-electron chi connectivity index (χ0n) is 15.4. The van der Waals surface area contributed by atoms with Crippen LogP contribution < -0.4 is 10.6 Å². The summed E-state index contributed by atoms with van der Waals surface area (Å²) in [5, 5.41) is 7.63. The van der Waals surface area contributed by atoms with Gasteiger partial charge in [-0.15, -0.1) is 0 Å². The predicted octanol–water partition coefficient (Wildman–Crippen LogP) is 5.04. The zero-order valence-corrected chi connectivity index (χ0v) is 17.8. The van der Waals surface area contributed by atoms with E-state index in [2.05, 4.69) is 16.7 Å². The van der Waals surface area contributed by atoms with Crippen LogP contribution in [0, 0.1) is 6.92 Å². The summed E-state index contributed by atoms with van der Waals surface area (Å²) < 4.78 is 5.04. The van der Waals surface area contributed by atoms with Gasteiger partial charge in [0.15, 0.2) is 5.11 Å². The van der Waals surface area contributed by atoms with Crippen LogP contribution in [0.3, 0.4) is 0 Å². The molecule has 0 atom stereocenters. The summed E-state index contributed by atoms with van der Waals surface area (Å²) in [7, 11) is 0. The number of benzene rings is 2. The van der Waals surface area contributed by atoms with E-state index in [4.69, 9.17) is 28.6 Å². The van der Waals surface area contributed by atoms with E-state index in [1.165, 1.54) is 5.56 Å². The van der Waals surface area contributed by atoms with Crippen LogP contribution in [0.25, 0.3) is 0 Å². The minimum absolute atomic E-state index is 0.336. The standard InChI is InChI=1S/C20H23ClN2O2S2/c1-3-25-19(24)16-8-7-14(2)18(12-16)23-20(26)22-9-10-27-13-15-5-4-6-17(21)11-15/h4-8,11-12H,3,9-10,13H2,1-2H3,(H2,22,23,26). The van der Waals surface area contributed by atoms with E-state index in [0.29, 0.717) is 17.3 Å². The maximum Gasteiger partial charge on any atom is 0.338 e. The zero-order chi connectivity index (χ0) is 19.6. The summed E-state index contributed by atoms with van der Waals surface area (Å²) in [6, 6.07) is 13.3. The monoisotopic (exact) mass is 422 g/mol. The number of ether oxygens (including phenoxy) is 1. The third-order valence-corrected chi connectivity index (χ3v) is 5.20. The van der Waals surface area contributed by atoms with Gasteiger partial charge in [0.1, 0.15) is 0 Å². The lowest BCUT2D eigenvalue weighted by Gasteiger charge is -2.13. The van der Waals surface area contributed by atoms with Gasteiger partial charge in [0.2, 0.25) is 0 Å². The Morgan fingerprint density at radius 3 is 2.81 bits per heavy atom. The van der Waals surface area contributed by atoms with Gasteiger partial charge in [-0.25, -0.2) is 4.79 Å². The molecule has 0 aromatic heterocycles. The molecule has 144 valence electrons. The van der Waals surface area contributed by atoms with Crippen molar-refractivity contribution in [2.24, 2.45) is 0 Å². The third kappa shape index (κ3) is 7.40. The number of nitrogens with one attached hydrogen (secondary N) is 2. The largest absolute Gasteiger partial charge is 0.462 e. The molecule has 2 aromatic carbocycles. The Morgan fingerprint density at radius 1 is 1.26 bits per heavy atom. The number of thiocarbonyl (C=S) groups is 1. The first-order valence-corrected chi connectivity index (χ1v) is 10.6. The number of carbonyl (C=O) groups excluding carboxylic acids is 1. The minimum Gasteiger partial charge on any atom is -0.462 e. The molecule has 0 aliphatic heterocycles. The van der Waals surface area contributed by atoms with E-state index in [0.717, 1.165) is 34.3 Å². The third-order valence-electron chi connectivity index (χ3n) is 3.69. The highest BCUT2D eigenvalue weighted by Crippen LogP contribution is 2.18. The van der Waals surface area contributed by atoms with Crippen LogP contribution in [0.15, 0.2) is 42.5 Å². The minimum atomic E-state index is -0.336. The van der Waals surface area contributed by atoms with Crippen LogP contribution in [0.4, 0.5) is 5.69 Å². The van der Waals surface area contributed by atoms with Crippen LogP contribution in [-0.4, -0.2) is 30.0 Å². The molecule has 2 aromatic rings. The maximum absolute atomic E-state index is 11.9. The molecule has 7 heteroatoms. The lowest BCUT2D eigenvalue weighted by molar-refractivity contribution is 0.0526. The van der Waals surface area contributed by atoms with Gasteiger partial charge in [-0.05, 0) is 61.5 Å². The van der Waals surface area contributed by atoms with Crippen molar-refractivity contribution in [3.8, 4) is 0 Å². The Morgan fingerprint density at radius 2 is 2.07 bits per heavy atom. The van der Waals surface area contributed by atoms with Crippen molar-refractivity contribution in [1.82, 2.24) is 5.32 Å². The summed E-state index contributed by atoms with van der Waals surface area (Å²) >= 11 is 13.1. The van der Waals surface area contributed by atoms with E-state index >= 15 is 0 Å². The normalized spacial score (nSPS) is 10.3. The number of hydrogen-bond donors (Lipinski definition) is 2. The molecular formula is C20H23ClN2O2S2. The molecule has 0 fully saturated rings. The number of carbonyl (C=O) groups is 1. The van der Waals surface area contributed by atoms with Gasteiger partial charge in [0.05, 0.1) is 12.2 Å². The molecular weight excluding hydrogens is 400 g/mol. The maximum atomic E-state index is 11.9. The molecule has 27 heavy (non-hydrogen) atoms. The second-order valence-corrected chi connectivity index (χ2v) is 7.76. The molecule has 0 saturated heterocycles. The van der Waals surface area contributed by atoms with Crippen LogP contribution in [0.1, 0.15) is 28.4 Å². The van der Waals surface area contributed by atoms with Crippen molar-refractivity contribution in [1.29, 1.82) is 0 Å². The molecule has 0 bridgehead atoms. The molecule has 0 heterocycles. The number of anilines is 1. The Kier molecular flexibility index (Phi) is 8.91. The number of aryl methyl sites for hydroxylation is 1. The van der Waals surface area contributed by atoms with Crippen molar-refractivity contribution in [2.45, 2.75) is 19.6 Å². The van der Waals surface area contributed by atoms with Gasteiger partial charge in [0, 0.05) is 28.8 Å². The number of esters is 1. The molecule has 2 rings (SSSR count). The van der Waals surface area contributed by atoms with Crippen LogP contribution in [0.5, 0.6) is 0 Å². The molecule has 4 nitrogen and oxygen atoms in total. The lowest BCUT2D eigenvalue weighted by atomic mass is 10.1. The van der Waals surface area contributed by atoms with Gasteiger partial charge >= 0.3 is 5.97 Å². The van der Waals surface area contributed by atoms with Gasteiger partial charge in [0.25, 0.3) is 0 Å². The SMILES string of the molecule is CCOC(=O)c1ccc(C)c(NC(=S)NCCSCc2cccc(Cl)c2)c1. The quantitative estimate of drug-likeness (QED) is 0.353. The average Bonchev–Trinajstić information content (AvgIpc) is 2.63. The van der Waals surface area contributed by atoms with Gasteiger partial charge in [-0.2, -0.15) is 11.8 Å². The highest BCUT2D eigenvalue weighted by Gasteiger charge is 2.09. The summed E-state index contributed by atoms with van der Waals surface area (Å²) in [6.45, 7) is 4.84. The summed E-state index contributed by atoms with van der Waals surface area (Å²) in [5.41, 5.74) is 3.51. The van der Waals surface area contributed by atoms with Crippen molar-refractivity contribution in [3.05, 3.63) is 64.2 Å². The Bertz CT molecular complexity index is 799. The van der Waals surface area contributed by atoms with E-state index in [1.54, 1.807) is 19.1 Å². The fourth-order valence-electron chi connectivity index (χ4n) is 2.32. The average molecular weight is 423 g/mol. The Hall–Kier alpha value is -1.76. The topological polar surface area (TPSA) is 50.4 Å². The number of hydrogen-bond acceptors (Lipinski definition) is 4. The number of halogens is 1. The summed E-state index contributed by atoms with van der Waals surface area (Å²) in [4.78, 5) is 11.9. The highest BCUT2D eigenvalue weighted by molar-refractivity contribution is 7.98. The predicted molar refractivity (Wildman–Crippen MR) is 119 cm³/mol. The first kappa shape index (κ1) is 21.5. The Balaban J connectivity index is 1.76. The molecule has 0 amide bonds. The van der Waals surface area contributed by atoms with Gasteiger partial charge in [-0.1, -0.05) is 29.8 Å². The highest BCUT2D eigenvalue weighted by atomic mass is 35.5. The van der Waals surface area contributed by atoms with Crippen molar-refractivity contribution < 1.29 is 9.53 Å². The van der Waals surface area contributed by atoms with E-state index in [1.807, 2.05) is 43.0 Å². The van der Waals surface area contributed by atoms with Crippen LogP contribution in [0.2, 0.25) is 5.02 Å². The fourth-order valence-corrected chi connectivity index (χ4v) is 3.55. The van der Waals surface area contributed by atoms with Crippen molar-refractivity contribution in [2.75, 3.05) is 24.2 Å². The van der Waals surface area contributed by atoms with Crippen molar-refractivity contribution >= 4 is 52.3 Å². The first-order valence-electron chi connectivity index (χ1n) is 8.64. The first-order chi connectivity index (χ1) is 13.0. The summed E-state index contributed by atoms with van der Waals surface area (Å²) in [5.74, 6) is 1.48. The smallest absolute Gasteiger partial charge is 0.338 e. The van der Waals surface area contributed by atoms with Crippen molar-refractivity contribution in [3.63, 3.8) is 0 Å². The fraction of sp³-hybridized carbons (Fsp3) is 0.300. The molecule has 0 saturated carbocycles. The van der Waals surface area contributed by atoms with E-state index in [9.17, 15) is 4.79 Å². The van der Waals surface area contributed by atoms with Crippen LogP contribution in [-0.2, 0) is 10.5 Å². The molecule has 0 unspecified atom stereocenters. The lowest BCUT2D eigenvalue weighted by Crippen LogP contribution is -2.30. The summed E-state index contributed by atoms with van der Waals surface area (Å²) in [6.07, 6.45) is 0. The molecule has 0 aliphatic rings. The second-order valence-electron chi connectivity index (χ2n) is 5.81. The number of rotatable bonds is 8. The molecule has 0 spiro atoms. The second kappa shape index (κ2) is 11.2. The number of thioether (sulfide) groups is 1. The van der Waals surface area contributed by atoms with Crippen LogP contribution >= 0.6 is 35.6 Å². The molecule has 0 radical (unpaired) electrons. The van der Waals surface area contributed by atoms with E-state index < -0.39 is 0 Å². The van der Waals surface area contributed by atoms with Gasteiger partial charge < -0.3 is 15.4 Å². The molecule has 0 aliphatic carbocycles. The Labute approximate surface area is 175 Å². The van der Waals surface area contributed by atoms with Gasteiger partial charge in [-0.3, -0.25) is 0 Å².